The Kier molecular flexibility index (Phi) is 5.29. The smallest absolute Gasteiger partial charge is 0.339 e. The first-order chi connectivity index (χ1) is 10.9. The lowest BCUT2D eigenvalue weighted by Gasteiger charge is -2.14. The molecule has 0 saturated heterocycles. The van der Waals surface area contributed by atoms with E-state index in [0.29, 0.717) is 16.6 Å². The molecular formula is C16H14BrNO4S. The lowest BCUT2D eigenvalue weighted by Crippen LogP contribution is -2.11. The summed E-state index contributed by atoms with van der Waals surface area (Å²) in [4.78, 5) is 0.0433. The largest absolute Gasteiger partial charge is 0.490 e. The first-order valence-electron chi connectivity index (χ1n) is 6.75. The topological polar surface area (TPSA) is 76.4 Å². The molecule has 0 heterocycles. The van der Waals surface area contributed by atoms with E-state index in [9.17, 15) is 8.42 Å². The van der Waals surface area contributed by atoms with Crippen LogP contribution in [0.25, 0.3) is 0 Å². The molecule has 0 amide bonds. The number of halogens is 1. The number of hydrogen-bond acceptors (Lipinski definition) is 5. The monoisotopic (exact) mass is 395 g/mol. The van der Waals surface area contributed by atoms with Gasteiger partial charge in [-0.2, -0.15) is 13.7 Å². The molecule has 0 saturated carbocycles. The van der Waals surface area contributed by atoms with Crippen LogP contribution in [0.5, 0.6) is 11.5 Å². The molecule has 120 valence electrons. The van der Waals surface area contributed by atoms with Gasteiger partial charge in [0.2, 0.25) is 0 Å². The molecule has 5 nitrogen and oxygen atoms in total. The fourth-order valence-corrected chi connectivity index (χ4v) is 3.43. The van der Waals surface area contributed by atoms with Crippen molar-refractivity contribution >= 4 is 26.0 Å². The summed E-state index contributed by atoms with van der Waals surface area (Å²) in [5.41, 5.74) is 1.28. The third-order valence-corrected chi connectivity index (χ3v) is 4.77. The van der Waals surface area contributed by atoms with Gasteiger partial charge in [0.25, 0.3) is 0 Å². The number of aryl methyl sites for hydroxylation is 1. The van der Waals surface area contributed by atoms with Crippen LogP contribution in [0.4, 0.5) is 0 Å². The van der Waals surface area contributed by atoms with E-state index in [1.165, 1.54) is 24.3 Å². The number of ether oxygens (including phenoxy) is 1. The van der Waals surface area contributed by atoms with E-state index in [2.05, 4.69) is 15.9 Å². The van der Waals surface area contributed by atoms with Gasteiger partial charge >= 0.3 is 10.1 Å². The molecule has 0 aromatic heterocycles. The Morgan fingerprint density at radius 2 is 1.87 bits per heavy atom. The van der Waals surface area contributed by atoms with Gasteiger partial charge in [0, 0.05) is 6.07 Å². The molecule has 0 spiro atoms. The van der Waals surface area contributed by atoms with Crippen molar-refractivity contribution < 1.29 is 17.3 Å². The SMILES string of the molecule is CCOc1cc(C#N)cc(Br)c1OS(=O)(=O)c1ccc(C)cc1. The van der Waals surface area contributed by atoms with E-state index < -0.39 is 10.1 Å². The molecule has 23 heavy (non-hydrogen) atoms. The minimum absolute atomic E-state index is 0.0198. The Morgan fingerprint density at radius 1 is 1.22 bits per heavy atom. The van der Waals surface area contributed by atoms with Gasteiger partial charge in [-0.25, -0.2) is 0 Å². The molecule has 0 fully saturated rings. The summed E-state index contributed by atoms with van der Waals surface area (Å²) >= 11 is 3.23. The number of nitriles is 1. The maximum Gasteiger partial charge on any atom is 0.339 e. The Morgan fingerprint density at radius 3 is 2.43 bits per heavy atom. The highest BCUT2D eigenvalue weighted by Gasteiger charge is 2.22. The third-order valence-electron chi connectivity index (χ3n) is 2.94. The molecule has 0 aliphatic heterocycles. The Bertz CT molecular complexity index is 855. The molecule has 2 aromatic rings. The lowest BCUT2D eigenvalue weighted by molar-refractivity contribution is 0.327. The Labute approximate surface area is 143 Å². The van der Waals surface area contributed by atoms with E-state index in [-0.39, 0.29) is 16.4 Å². The molecule has 2 aromatic carbocycles. The predicted octanol–water partition coefficient (Wildman–Crippen LogP) is 3.80. The number of rotatable bonds is 5. The molecule has 0 aliphatic carbocycles. The molecular weight excluding hydrogens is 382 g/mol. The summed E-state index contributed by atoms with van der Waals surface area (Å²) < 4.78 is 35.8. The van der Waals surface area contributed by atoms with Crippen LogP contribution < -0.4 is 8.92 Å². The summed E-state index contributed by atoms with van der Waals surface area (Å²) in [6.45, 7) is 3.93. The first kappa shape index (κ1) is 17.3. The number of hydrogen-bond donors (Lipinski definition) is 0. The predicted molar refractivity (Wildman–Crippen MR) is 89.0 cm³/mol. The maximum atomic E-state index is 12.4. The number of benzene rings is 2. The third kappa shape index (κ3) is 4.03. The number of nitrogens with zero attached hydrogens (tertiary/aromatic N) is 1. The average Bonchev–Trinajstić information content (AvgIpc) is 2.51. The fourth-order valence-electron chi connectivity index (χ4n) is 1.84. The van der Waals surface area contributed by atoms with E-state index in [1.54, 1.807) is 19.1 Å². The second-order valence-electron chi connectivity index (χ2n) is 4.68. The molecule has 0 N–H and O–H groups in total. The van der Waals surface area contributed by atoms with Crippen LogP contribution in [0.15, 0.2) is 45.8 Å². The zero-order valence-corrected chi connectivity index (χ0v) is 14.9. The highest BCUT2D eigenvalue weighted by Crippen LogP contribution is 2.38. The summed E-state index contributed by atoms with van der Waals surface area (Å²) in [6, 6.07) is 11.2. The summed E-state index contributed by atoms with van der Waals surface area (Å²) in [6.07, 6.45) is 0. The van der Waals surface area contributed by atoms with Gasteiger partial charge < -0.3 is 8.92 Å². The Hall–Kier alpha value is -2.04. The first-order valence-corrected chi connectivity index (χ1v) is 8.95. The standard InChI is InChI=1S/C16H14BrNO4S/c1-3-21-15-9-12(10-18)8-14(17)16(15)22-23(19,20)13-6-4-11(2)5-7-13/h4-9H,3H2,1-2H3. The van der Waals surface area contributed by atoms with Gasteiger partial charge in [-0.3, -0.25) is 0 Å². The van der Waals surface area contributed by atoms with Crippen molar-refractivity contribution in [3.63, 3.8) is 0 Å². The molecule has 0 unspecified atom stereocenters. The van der Waals surface area contributed by atoms with Gasteiger partial charge in [0.1, 0.15) is 4.90 Å². The normalized spacial score (nSPS) is 10.9. The van der Waals surface area contributed by atoms with Gasteiger partial charge in [-0.15, -0.1) is 0 Å². The maximum absolute atomic E-state index is 12.4. The van der Waals surface area contributed by atoms with Crippen molar-refractivity contribution in [1.29, 1.82) is 5.26 Å². The highest BCUT2D eigenvalue weighted by molar-refractivity contribution is 9.10. The van der Waals surface area contributed by atoms with Crippen molar-refractivity contribution in [2.75, 3.05) is 6.61 Å². The molecule has 0 bridgehead atoms. The van der Waals surface area contributed by atoms with Crippen LogP contribution >= 0.6 is 15.9 Å². The van der Waals surface area contributed by atoms with Crippen molar-refractivity contribution in [3.8, 4) is 17.6 Å². The molecule has 0 radical (unpaired) electrons. The summed E-state index contributed by atoms with van der Waals surface area (Å²) in [5, 5.41) is 9.00. The van der Waals surface area contributed by atoms with Crippen molar-refractivity contribution in [2.24, 2.45) is 0 Å². The van der Waals surface area contributed by atoms with E-state index in [1.807, 2.05) is 13.0 Å². The zero-order valence-electron chi connectivity index (χ0n) is 12.5. The van der Waals surface area contributed by atoms with Crippen LogP contribution in [0.3, 0.4) is 0 Å². The second-order valence-corrected chi connectivity index (χ2v) is 7.08. The van der Waals surface area contributed by atoms with Gasteiger partial charge in [-0.05, 0) is 48.0 Å². The van der Waals surface area contributed by atoms with Crippen LogP contribution in [0.1, 0.15) is 18.1 Å². The quantitative estimate of drug-likeness (QED) is 0.719. The fraction of sp³-hybridized carbons (Fsp3) is 0.188. The minimum Gasteiger partial charge on any atom is -0.490 e. The highest BCUT2D eigenvalue weighted by atomic mass is 79.9. The van der Waals surface area contributed by atoms with Crippen LogP contribution in [0.2, 0.25) is 0 Å². The van der Waals surface area contributed by atoms with Crippen LogP contribution in [0, 0.1) is 18.3 Å². The van der Waals surface area contributed by atoms with E-state index in [0.717, 1.165) is 5.56 Å². The zero-order chi connectivity index (χ0) is 17.0. The Balaban J connectivity index is 2.46. The van der Waals surface area contributed by atoms with Gasteiger partial charge in [0.05, 0.1) is 22.7 Å². The minimum atomic E-state index is -4.01. The summed E-state index contributed by atoms with van der Waals surface area (Å²) in [7, 11) is -4.01. The lowest BCUT2D eigenvalue weighted by atomic mass is 10.2. The molecule has 0 aliphatic rings. The molecule has 7 heteroatoms. The van der Waals surface area contributed by atoms with Gasteiger partial charge in [0.15, 0.2) is 11.5 Å². The van der Waals surface area contributed by atoms with Crippen LogP contribution in [-0.4, -0.2) is 15.0 Å². The average molecular weight is 396 g/mol. The van der Waals surface area contributed by atoms with E-state index in [4.69, 9.17) is 14.2 Å². The van der Waals surface area contributed by atoms with Crippen LogP contribution in [-0.2, 0) is 10.1 Å². The molecule has 0 atom stereocenters. The second kappa shape index (κ2) is 7.02. The van der Waals surface area contributed by atoms with E-state index >= 15 is 0 Å². The van der Waals surface area contributed by atoms with Gasteiger partial charge in [-0.1, -0.05) is 17.7 Å². The summed E-state index contributed by atoms with van der Waals surface area (Å²) in [5.74, 6) is 0.209. The molecule has 2 rings (SSSR count). The van der Waals surface area contributed by atoms with Crippen molar-refractivity contribution in [1.82, 2.24) is 0 Å². The van der Waals surface area contributed by atoms with Crippen molar-refractivity contribution in [2.45, 2.75) is 18.7 Å². The van der Waals surface area contributed by atoms with Crippen molar-refractivity contribution in [3.05, 3.63) is 52.0 Å².